The van der Waals surface area contributed by atoms with Gasteiger partial charge in [0.2, 0.25) is 5.91 Å². The average molecular weight is 358 g/mol. The summed E-state index contributed by atoms with van der Waals surface area (Å²) in [5.74, 6) is 1.79. The molecule has 1 fully saturated rings. The molecule has 0 unspecified atom stereocenters. The van der Waals surface area contributed by atoms with E-state index in [4.69, 9.17) is 0 Å². The van der Waals surface area contributed by atoms with Gasteiger partial charge in [-0.3, -0.25) is 9.59 Å². The van der Waals surface area contributed by atoms with Crippen molar-refractivity contribution in [3.05, 3.63) is 35.4 Å². The van der Waals surface area contributed by atoms with Gasteiger partial charge in [0.1, 0.15) is 0 Å². The molecule has 26 heavy (non-hydrogen) atoms. The maximum absolute atomic E-state index is 12.4. The summed E-state index contributed by atoms with van der Waals surface area (Å²) < 4.78 is 0. The molecule has 0 atom stereocenters. The molecule has 1 saturated heterocycles. The topological polar surface area (TPSA) is 37.4 Å². The predicted octanol–water partition coefficient (Wildman–Crippen LogP) is 5.45. The molecule has 3 heteroatoms. The van der Waals surface area contributed by atoms with E-state index in [9.17, 15) is 9.59 Å². The number of amides is 1. The van der Waals surface area contributed by atoms with E-state index in [1.807, 2.05) is 30.9 Å². The highest BCUT2D eigenvalue weighted by atomic mass is 16.2. The van der Waals surface area contributed by atoms with Crippen LogP contribution in [0.1, 0.15) is 88.1 Å². The molecule has 0 aliphatic carbocycles. The van der Waals surface area contributed by atoms with Crippen LogP contribution in [0, 0.1) is 11.8 Å². The van der Waals surface area contributed by atoms with Crippen molar-refractivity contribution in [2.45, 2.75) is 72.1 Å². The Hall–Kier alpha value is -1.64. The first-order chi connectivity index (χ1) is 12.4. The highest BCUT2D eigenvalue weighted by molar-refractivity contribution is 5.97. The lowest BCUT2D eigenvalue weighted by molar-refractivity contribution is -0.132. The summed E-state index contributed by atoms with van der Waals surface area (Å²) in [6.07, 6.45) is 6.13. The van der Waals surface area contributed by atoms with Crippen molar-refractivity contribution in [3.63, 3.8) is 0 Å². The van der Waals surface area contributed by atoms with Crippen molar-refractivity contribution in [2.24, 2.45) is 11.8 Å². The fourth-order valence-electron chi connectivity index (χ4n) is 3.70. The van der Waals surface area contributed by atoms with E-state index in [2.05, 4.69) is 26.0 Å². The molecular formula is C23H35NO2. The van der Waals surface area contributed by atoms with Gasteiger partial charge in [-0.25, -0.2) is 0 Å². The zero-order chi connectivity index (χ0) is 19.1. The van der Waals surface area contributed by atoms with E-state index >= 15 is 0 Å². The number of hydrogen-bond acceptors (Lipinski definition) is 2. The molecule has 0 bridgehead atoms. The standard InChI is InChI=1S/C23H35NO2/c1-17(2)7-5-6-8-22(25)24-15-13-20(14-16-24)19-9-11-21(12-10-19)23(26)18(3)4/h9-12,17-18,20H,5-8,13-16H2,1-4H3. The minimum atomic E-state index is 0.0376. The van der Waals surface area contributed by atoms with Crippen molar-refractivity contribution in [1.29, 1.82) is 0 Å². The first-order valence-electron chi connectivity index (χ1n) is 10.3. The van der Waals surface area contributed by atoms with Crippen molar-refractivity contribution in [2.75, 3.05) is 13.1 Å². The average Bonchev–Trinajstić information content (AvgIpc) is 2.64. The SMILES string of the molecule is CC(C)CCCCC(=O)N1CCC(c2ccc(C(=O)C(C)C)cc2)CC1. The first-order valence-corrected chi connectivity index (χ1v) is 10.3. The number of carbonyl (C=O) groups excluding carboxylic acids is 2. The van der Waals surface area contributed by atoms with Gasteiger partial charge in [-0.05, 0) is 36.7 Å². The summed E-state index contributed by atoms with van der Waals surface area (Å²) in [4.78, 5) is 26.5. The summed E-state index contributed by atoms with van der Waals surface area (Å²) >= 11 is 0. The molecule has 0 spiro atoms. The molecule has 1 aliphatic rings. The molecule has 1 amide bonds. The number of benzene rings is 1. The van der Waals surface area contributed by atoms with Crippen molar-refractivity contribution < 1.29 is 9.59 Å². The number of Topliss-reactive ketones (excluding diaryl/α,β-unsaturated/α-hetero) is 1. The Labute approximate surface area is 159 Å². The smallest absolute Gasteiger partial charge is 0.222 e. The van der Waals surface area contributed by atoms with Crippen LogP contribution in [0.15, 0.2) is 24.3 Å². The van der Waals surface area contributed by atoms with Crippen LogP contribution in [0.4, 0.5) is 0 Å². The van der Waals surface area contributed by atoms with Crippen LogP contribution in [-0.4, -0.2) is 29.7 Å². The van der Waals surface area contributed by atoms with Gasteiger partial charge in [-0.1, -0.05) is 64.8 Å². The van der Waals surface area contributed by atoms with Gasteiger partial charge < -0.3 is 4.90 Å². The number of piperidine rings is 1. The molecule has 1 heterocycles. The van der Waals surface area contributed by atoms with Gasteiger partial charge in [-0.15, -0.1) is 0 Å². The van der Waals surface area contributed by atoms with Crippen molar-refractivity contribution in [3.8, 4) is 0 Å². The van der Waals surface area contributed by atoms with Crippen LogP contribution >= 0.6 is 0 Å². The number of carbonyl (C=O) groups is 2. The lowest BCUT2D eigenvalue weighted by Crippen LogP contribution is -2.37. The van der Waals surface area contributed by atoms with E-state index < -0.39 is 0 Å². The van der Waals surface area contributed by atoms with Gasteiger partial charge >= 0.3 is 0 Å². The second-order valence-corrected chi connectivity index (χ2v) is 8.44. The molecule has 3 nitrogen and oxygen atoms in total. The van der Waals surface area contributed by atoms with Gasteiger partial charge in [0.25, 0.3) is 0 Å². The molecule has 0 N–H and O–H groups in total. The molecular weight excluding hydrogens is 322 g/mol. The monoisotopic (exact) mass is 357 g/mol. The number of likely N-dealkylation sites (tertiary alicyclic amines) is 1. The Morgan fingerprint density at radius 3 is 2.15 bits per heavy atom. The fourth-order valence-corrected chi connectivity index (χ4v) is 3.70. The molecule has 0 radical (unpaired) electrons. The molecule has 2 rings (SSSR count). The third kappa shape index (κ3) is 5.96. The van der Waals surface area contributed by atoms with E-state index in [-0.39, 0.29) is 11.7 Å². The second-order valence-electron chi connectivity index (χ2n) is 8.44. The van der Waals surface area contributed by atoms with Gasteiger partial charge in [0, 0.05) is 31.0 Å². The van der Waals surface area contributed by atoms with Crippen molar-refractivity contribution in [1.82, 2.24) is 4.90 Å². The van der Waals surface area contributed by atoms with Gasteiger partial charge in [0.05, 0.1) is 0 Å². The zero-order valence-corrected chi connectivity index (χ0v) is 17.0. The number of ketones is 1. The minimum absolute atomic E-state index is 0.0376. The van der Waals surface area contributed by atoms with E-state index in [1.165, 1.54) is 12.0 Å². The molecule has 1 aromatic rings. The number of unbranched alkanes of at least 4 members (excludes halogenated alkanes) is 1. The second kappa shape index (κ2) is 9.89. The molecule has 144 valence electrons. The maximum Gasteiger partial charge on any atom is 0.222 e. The van der Waals surface area contributed by atoms with E-state index in [0.29, 0.717) is 18.2 Å². The summed E-state index contributed by atoms with van der Waals surface area (Å²) in [5, 5.41) is 0. The maximum atomic E-state index is 12.4. The Kier molecular flexibility index (Phi) is 7.86. The summed E-state index contributed by atoms with van der Waals surface area (Å²) in [7, 11) is 0. The first kappa shape index (κ1) is 20.7. The largest absolute Gasteiger partial charge is 0.343 e. The highest BCUT2D eigenvalue weighted by Gasteiger charge is 2.23. The lowest BCUT2D eigenvalue weighted by atomic mass is 9.88. The van der Waals surface area contributed by atoms with Crippen LogP contribution in [0.5, 0.6) is 0 Å². The van der Waals surface area contributed by atoms with Crippen molar-refractivity contribution >= 4 is 11.7 Å². The van der Waals surface area contributed by atoms with Crippen LogP contribution in [-0.2, 0) is 4.79 Å². The fraction of sp³-hybridized carbons (Fsp3) is 0.652. The Balaban J connectivity index is 1.79. The summed E-state index contributed by atoms with van der Waals surface area (Å²) in [5.41, 5.74) is 2.10. The number of rotatable bonds is 8. The normalized spacial score (nSPS) is 15.7. The molecule has 1 aromatic carbocycles. The van der Waals surface area contributed by atoms with E-state index in [0.717, 1.165) is 50.3 Å². The third-order valence-corrected chi connectivity index (χ3v) is 5.46. The zero-order valence-electron chi connectivity index (χ0n) is 17.0. The Morgan fingerprint density at radius 2 is 1.62 bits per heavy atom. The highest BCUT2D eigenvalue weighted by Crippen LogP contribution is 2.29. The van der Waals surface area contributed by atoms with E-state index in [1.54, 1.807) is 0 Å². The summed E-state index contributed by atoms with van der Waals surface area (Å²) in [6.45, 7) is 10.1. The van der Waals surface area contributed by atoms with Crippen LogP contribution < -0.4 is 0 Å². The predicted molar refractivity (Wildman–Crippen MR) is 107 cm³/mol. The molecule has 0 aromatic heterocycles. The lowest BCUT2D eigenvalue weighted by Gasteiger charge is -2.32. The molecule has 1 aliphatic heterocycles. The molecule has 0 saturated carbocycles. The number of hydrogen-bond donors (Lipinski definition) is 0. The van der Waals surface area contributed by atoms with Gasteiger partial charge in [-0.2, -0.15) is 0 Å². The number of nitrogens with zero attached hydrogens (tertiary/aromatic N) is 1. The Morgan fingerprint density at radius 1 is 1.00 bits per heavy atom. The third-order valence-electron chi connectivity index (χ3n) is 5.46. The van der Waals surface area contributed by atoms with Crippen LogP contribution in [0.2, 0.25) is 0 Å². The summed E-state index contributed by atoms with van der Waals surface area (Å²) in [6, 6.07) is 8.13. The van der Waals surface area contributed by atoms with Crippen LogP contribution in [0.25, 0.3) is 0 Å². The van der Waals surface area contributed by atoms with Gasteiger partial charge in [0.15, 0.2) is 5.78 Å². The quantitative estimate of drug-likeness (QED) is 0.458. The minimum Gasteiger partial charge on any atom is -0.343 e. The Bertz CT molecular complexity index is 581. The van der Waals surface area contributed by atoms with Crippen LogP contribution in [0.3, 0.4) is 0 Å².